The van der Waals surface area contributed by atoms with E-state index in [0.29, 0.717) is 17.8 Å². The number of anilines is 1. The van der Waals surface area contributed by atoms with Crippen molar-refractivity contribution in [3.63, 3.8) is 0 Å². The van der Waals surface area contributed by atoms with E-state index in [-0.39, 0.29) is 0 Å². The van der Waals surface area contributed by atoms with Gasteiger partial charge in [0.1, 0.15) is 11.5 Å². The molecule has 5 heteroatoms. The van der Waals surface area contributed by atoms with E-state index >= 15 is 0 Å². The fourth-order valence-corrected chi connectivity index (χ4v) is 3.91. The molecule has 1 aliphatic carbocycles. The summed E-state index contributed by atoms with van der Waals surface area (Å²) < 4.78 is 2.32. The highest BCUT2D eigenvalue weighted by Gasteiger charge is 2.20. The average Bonchev–Trinajstić information content (AvgIpc) is 3.30. The molecular formula is C22H25N5. The molecule has 0 bridgehead atoms. The van der Waals surface area contributed by atoms with E-state index in [1.54, 1.807) is 6.08 Å². The van der Waals surface area contributed by atoms with Gasteiger partial charge < -0.3 is 15.6 Å². The predicted molar refractivity (Wildman–Crippen MR) is 111 cm³/mol. The molecule has 1 aliphatic rings. The van der Waals surface area contributed by atoms with Gasteiger partial charge in [-0.3, -0.25) is 0 Å². The van der Waals surface area contributed by atoms with E-state index in [4.69, 9.17) is 10.7 Å². The van der Waals surface area contributed by atoms with Crippen LogP contribution in [0, 0.1) is 6.92 Å². The third-order valence-corrected chi connectivity index (χ3v) is 5.28. The molecule has 1 fully saturated rings. The van der Waals surface area contributed by atoms with Crippen LogP contribution >= 0.6 is 0 Å². The van der Waals surface area contributed by atoms with Crippen molar-refractivity contribution >= 4 is 28.9 Å². The standard InChI is InChI=1S/C22H25N5/c1-3-8-16-9-4-7-12-18(16)20(23)25-22-24-13-19-15(2)14-27(21(19)26-22)17-10-5-6-11-17/h3-4,7-9,12-14,17H,1,5-6,10-11,23H2,2H3,(H,24,25,26)/b16-8-,20-18+. The number of aryl methyl sites for hydroxylation is 1. The molecule has 0 aliphatic heterocycles. The van der Waals surface area contributed by atoms with E-state index < -0.39 is 0 Å². The normalized spacial score (nSPS) is 16.7. The van der Waals surface area contributed by atoms with Gasteiger partial charge in [0, 0.05) is 29.0 Å². The third-order valence-electron chi connectivity index (χ3n) is 5.28. The lowest BCUT2D eigenvalue weighted by Crippen LogP contribution is -2.32. The molecule has 0 spiro atoms. The number of hydrogen-bond donors (Lipinski definition) is 2. The van der Waals surface area contributed by atoms with Crippen LogP contribution in [0.5, 0.6) is 0 Å². The number of benzene rings is 1. The number of fused-ring (bicyclic) bond motifs is 1. The van der Waals surface area contributed by atoms with Crippen LogP contribution in [0.25, 0.3) is 22.9 Å². The van der Waals surface area contributed by atoms with Crippen LogP contribution in [0.1, 0.15) is 37.3 Å². The summed E-state index contributed by atoms with van der Waals surface area (Å²) in [5.41, 5.74) is 8.53. The van der Waals surface area contributed by atoms with Crippen molar-refractivity contribution in [2.24, 2.45) is 5.73 Å². The van der Waals surface area contributed by atoms with Crippen molar-refractivity contribution in [1.82, 2.24) is 14.5 Å². The number of nitrogens with two attached hydrogens (primary N) is 1. The van der Waals surface area contributed by atoms with Gasteiger partial charge in [-0.15, -0.1) is 0 Å². The SMILES string of the molecule is C=C/C=c1/cccc/c1=C(/N)Nc1ncc2c(C)cn(C3CCCC3)c2n1. The number of nitrogens with one attached hydrogen (secondary N) is 1. The number of hydrogen-bond acceptors (Lipinski definition) is 4. The molecular weight excluding hydrogens is 334 g/mol. The molecule has 0 saturated heterocycles. The molecule has 138 valence electrons. The summed E-state index contributed by atoms with van der Waals surface area (Å²) in [5, 5.41) is 6.19. The predicted octanol–water partition coefficient (Wildman–Crippen LogP) is 2.96. The lowest BCUT2D eigenvalue weighted by atomic mass is 10.2. The molecule has 3 N–H and O–H groups in total. The second kappa shape index (κ2) is 7.27. The fraction of sp³-hybridized carbons (Fsp3) is 0.273. The van der Waals surface area contributed by atoms with Crippen LogP contribution in [-0.2, 0) is 0 Å². The summed E-state index contributed by atoms with van der Waals surface area (Å²) >= 11 is 0. The minimum Gasteiger partial charge on any atom is -0.385 e. The Morgan fingerprint density at radius 1 is 1.30 bits per heavy atom. The first-order valence-corrected chi connectivity index (χ1v) is 9.46. The second-order valence-corrected chi connectivity index (χ2v) is 7.12. The van der Waals surface area contributed by atoms with Gasteiger partial charge in [0.15, 0.2) is 0 Å². The Kier molecular flexibility index (Phi) is 4.67. The number of allylic oxidation sites excluding steroid dienone is 1. The van der Waals surface area contributed by atoms with E-state index in [1.807, 2.05) is 36.5 Å². The lowest BCUT2D eigenvalue weighted by Gasteiger charge is -2.13. The van der Waals surface area contributed by atoms with E-state index in [0.717, 1.165) is 21.5 Å². The first-order valence-electron chi connectivity index (χ1n) is 9.46. The maximum Gasteiger partial charge on any atom is 0.230 e. The smallest absolute Gasteiger partial charge is 0.230 e. The van der Waals surface area contributed by atoms with Crippen LogP contribution in [-0.4, -0.2) is 14.5 Å². The third kappa shape index (κ3) is 3.33. The van der Waals surface area contributed by atoms with Crippen LogP contribution in [0.15, 0.2) is 49.3 Å². The minimum atomic E-state index is 0.519. The molecule has 27 heavy (non-hydrogen) atoms. The van der Waals surface area contributed by atoms with Crippen molar-refractivity contribution < 1.29 is 0 Å². The van der Waals surface area contributed by atoms with Gasteiger partial charge in [-0.2, -0.15) is 4.98 Å². The van der Waals surface area contributed by atoms with Crippen LogP contribution in [0.2, 0.25) is 0 Å². The molecule has 5 nitrogen and oxygen atoms in total. The Bertz CT molecular complexity index is 1100. The molecule has 2 aromatic heterocycles. The topological polar surface area (TPSA) is 68.8 Å². The highest BCUT2D eigenvalue weighted by molar-refractivity contribution is 5.81. The first-order chi connectivity index (χ1) is 13.2. The summed E-state index contributed by atoms with van der Waals surface area (Å²) in [6.07, 6.45) is 12.8. The largest absolute Gasteiger partial charge is 0.385 e. The van der Waals surface area contributed by atoms with Gasteiger partial charge in [-0.05, 0) is 30.5 Å². The van der Waals surface area contributed by atoms with Crippen molar-refractivity contribution in [2.45, 2.75) is 38.6 Å². The van der Waals surface area contributed by atoms with Crippen LogP contribution in [0.3, 0.4) is 0 Å². The molecule has 0 amide bonds. The van der Waals surface area contributed by atoms with Crippen molar-refractivity contribution in [1.29, 1.82) is 0 Å². The second-order valence-electron chi connectivity index (χ2n) is 7.12. The molecule has 1 saturated carbocycles. The van der Waals surface area contributed by atoms with Gasteiger partial charge >= 0.3 is 0 Å². The van der Waals surface area contributed by atoms with Crippen LogP contribution < -0.4 is 21.5 Å². The number of rotatable bonds is 4. The van der Waals surface area contributed by atoms with Gasteiger partial charge in [-0.1, -0.05) is 55.8 Å². The quantitative estimate of drug-likeness (QED) is 0.751. The maximum atomic E-state index is 6.33. The summed E-state index contributed by atoms with van der Waals surface area (Å²) in [6, 6.07) is 8.45. The monoisotopic (exact) mass is 359 g/mol. The molecule has 0 unspecified atom stereocenters. The van der Waals surface area contributed by atoms with E-state index in [1.165, 1.54) is 31.2 Å². The fourth-order valence-electron chi connectivity index (χ4n) is 3.91. The van der Waals surface area contributed by atoms with Crippen LogP contribution in [0.4, 0.5) is 5.95 Å². The zero-order chi connectivity index (χ0) is 18.8. The van der Waals surface area contributed by atoms with Gasteiger partial charge in [-0.25, -0.2) is 4.98 Å². The number of nitrogens with zero attached hydrogens (tertiary/aromatic N) is 3. The Hall–Kier alpha value is -3.08. The van der Waals surface area contributed by atoms with Gasteiger partial charge in [0.2, 0.25) is 5.95 Å². The summed E-state index contributed by atoms with van der Waals surface area (Å²) in [4.78, 5) is 9.27. The number of aromatic nitrogens is 3. The molecule has 0 radical (unpaired) electrons. The summed E-state index contributed by atoms with van der Waals surface area (Å²) in [5.74, 6) is 1.05. The van der Waals surface area contributed by atoms with E-state index in [2.05, 4.69) is 34.6 Å². The molecule has 4 rings (SSSR count). The van der Waals surface area contributed by atoms with Gasteiger partial charge in [0.25, 0.3) is 0 Å². The average molecular weight is 359 g/mol. The maximum absolute atomic E-state index is 6.33. The molecule has 1 aromatic carbocycles. The highest BCUT2D eigenvalue weighted by Crippen LogP contribution is 2.33. The van der Waals surface area contributed by atoms with Crippen molar-refractivity contribution in [3.05, 3.63) is 65.3 Å². The highest BCUT2D eigenvalue weighted by atomic mass is 15.2. The molecule has 2 heterocycles. The Balaban J connectivity index is 1.77. The zero-order valence-corrected chi connectivity index (χ0v) is 15.7. The van der Waals surface area contributed by atoms with Crippen molar-refractivity contribution in [2.75, 3.05) is 5.32 Å². The van der Waals surface area contributed by atoms with E-state index in [9.17, 15) is 0 Å². The summed E-state index contributed by atoms with van der Waals surface area (Å²) in [6.45, 7) is 5.89. The lowest BCUT2D eigenvalue weighted by molar-refractivity contribution is 0.532. The molecule has 0 atom stereocenters. The first kappa shape index (κ1) is 17.3. The zero-order valence-electron chi connectivity index (χ0n) is 15.7. The Labute approximate surface area is 158 Å². The van der Waals surface area contributed by atoms with Gasteiger partial charge in [0.05, 0.1) is 0 Å². The summed E-state index contributed by atoms with van der Waals surface area (Å²) in [7, 11) is 0. The minimum absolute atomic E-state index is 0.519. The van der Waals surface area contributed by atoms with Crippen molar-refractivity contribution in [3.8, 4) is 0 Å². The molecule has 3 aromatic rings. The Morgan fingerprint density at radius 3 is 2.85 bits per heavy atom. The Morgan fingerprint density at radius 2 is 2.07 bits per heavy atom.